The summed E-state index contributed by atoms with van der Waals surface area (Å²) < 4.78 is 19.0. The molecule has 0 fully saturated rings. The van der Waals surface area contributed by atoms with Crippen LogP contribution in [0.1, 0.15) is 32.3 Å². The molecule has 2 heterocycles. The Morgan fingerprint density at radius 2 is 1.88 bits per heavy atom. The van der Waals surface area contributed by atoms with E-state index in [4.69, 9.17) is 14.2 Å². The van der Waals surface area contributed by atoms with Gasteiger partial charge in [-0.2, -0.15) is 9.50 Å². The molecule has 0 aliphatic rings. The lowest BCUT2D eigenvalue weighted by atomic mass is 10.2. The van der Waals surface area contributed by atoms with Gasteiger partial charge in [-0.25, -0.2) is 0 Å². The first-order valence-corrected chi connectivity index (χ1v) is 12.1. The predicted octanol–water partition coefficient (Wildman–Crippen LogP) is 4.51. The third-order valence-electron chi connectivity index (χ3n) is 4.98. The van der Waals surface area contributed by atoms with E-state index >= 15 is 0 Å². The van der Waals surface area contributed by atoms with Gasteiger partial charge in [-0.1, -0.05) is 43.4 Å². The van der Waals surface area contributed by atoms with Crippen LogP contribution in [0.2, 0.25) is 0 Å². The average Bonchev–Trinajstić information content (AvgIpc) is 3.39. The van der Waals surface area contributed by atoms with Gasteiger partial charge in [-0.05, 0) is 61.4 Å². The molecule has 0 unspecified atom stereocenters. The van der Waals surface area contributed by atoms with Crippen molar-refractivity contribution in [1.82, 2.24) is 14.6 Å². The van der Waals surface area contributed by atoms with Crippen LogP contribution in [-0.4, -0.2) is 34.4 Å². The highest BCUT2D eigenvalue weighted by Gasteiger charge is 2.13. The summed E-state index contributed by atoms with van der Waals surface area (Å²) in [7, 11) is 0. The first kappa shape index (κ1) is 23.5. The first-order chi connectivity index (χ1) is 16.6. The summed E-state index contributed by atoms with van der Waals surface area (Å²) in [6.45, 7) is 9.31. The van der Waals surface area contributed by atoms with E-state index in [1.807, 2.05) is 55.5 Å². The second-order valence-corrected chi connectivity index (χ2v) is 8.52. The summed E-state index contributed by atoms with van der Waals surface area (Å²) in [5.74, 6) is 2.61. The van der Waals surface area contributed by atoms with E-state index in [0.717, 1.165) is 29.7 Å². The molecular weight excluding hydrogens is 450 g/mol. The van der Waals surface area contributed by atoms with Crippen LogP contribution in [0.3, 0.4) is 0 Å². The van der Waals surface area contributed by atoms with Crippen molar-refractivity contribution in [2.45, 2.75) is 26.7 Å². The molecule has 0 aliphatic heterocycles. The maximum atomic E-state index is 13.0. The third kappa shape index (κ3) is 5.28. The highest BCUT2D eigenvalue weighted by molar-refractivity contribution is 7.15. The fraction of sp³-hybridized carbons (Fsp3) is 0.269. The van der Waals surface area contributed by atoms with Gasteiger partial charge in [0.15, 0.2) is 17.3 Å². The lowest BCUT2D eigenvalue weighted by Crippen LogP contribution is -2.23. The van der Waals surface area contributed by atoms with E-state index < -0.39 is 0 Å². The van der Waals surface area contributed by atoms with Crippen LogP contribution in [0, 0.1) is 0 Å². The van der Waals surface area contributed by atoms with Crippen LogP contribution in [0.15, 0.2) is 59.9 Å². The second-order valence-electron chi connectivity index (χ2n) is 7.51. The number of nitrogens with zero attached hydrogens (tertiary/aromatic N) is 3. The summed E-state index contributed by atoms with van der Waals surface area (Å²) in [6, 6.07) is 13.1. The molecule has 2 aromatic heterocycles. The Kier molecular flexibility index (Phi) is 7.59. The van der Waals surface area contributed by atoms with E-state index in [0.29, 0.717) is 46.6 Å². The molecule has 0 N–H and O–H groups in total. The Labute approximate surface area is 201 Å². The number of fused-ring (bicyclic) bond motifs is 1. The number of thiazole rings is 1. The van der Waals surface area contributed by atoms with Crippen LogP contribution < -0.4 is 24.3 Å². The van der Waals surface area contributed by atoms with Crippen molar-refractivity contribution in [1.29, 1.82) is 0 Å². The second kappa shape index (κ2) is 11.0. The molecule has 0 radical (unpaired) electrons. The first-order valence-electron chi connectivity index (χ1n) is 11.3. The SMILES string of the molecule is C=CCOc1ccc(-c2nc3s/c(=C/c4ccc(OCCCC)c(OCC)c4)c(=O)n3n2)cc1. The quantitative estimate of drug-likeness (QED) is 0.234. The molecule has 2 aromatic carbocycles. The molecule has 176 valence electrons. The number of hydrogen-bond acceptors (Lipinski definition) is 7. The van der Waals surface area contributed by atoms with Gasteiger partial charge in [0, 0.05) is 5.56 Å². The number of ether oxygens (including phenoxy) is 3. The van der Waals surface area contributed by atoms with Gasteiger partial charge in [0.2, 0.25) is 4.96 Å². The lowest BCUT2D eigenvalue weighted by Gasteiger charge is -2.12. The van der Waals surface area contributed by atoms with E-state index in [1.165, 1.54) is 15.9 Å². The van der Waals surface area contributed by atoms with Crippen molar-refractivity contribution in [2.75, 3.05) is 19.8 Å². The van der Waals surface area contributed by atoms with Gasteiger partial charge in [0.25, 0.3) is 5.56 Å². The Hall–Kier alpha value is -3.65. The Bertz CT molecular complexity index is 1380. The molecule has 0 saturated carbocycles. The van der Waals surface area contributed by atoms with Gasteiger partial charge >= 0.3 is 0 Å². The van der Waals surface area contributed by atoms with Crippen LogP contribution >= 0.6 is 11.3 Å². The minimum absolute atomic E-state index is 0.203. The number of benzene rings is 2. The summed E-state index contributed by atoms with van der Waals surface area (Å²) in [5, 5.41) is 4.42. The maximum absolute atomic E-state index is 13.0. The standard InChI is InChI=1S/C26H27N3O4S/c1-4-7-15-33-21-13-8-18(16-22(21)31-6-3)17-23-25(30)29-26(34-23)27-24(28-29)19-9-11-20(12-10-19)32-14-5-2/h5,8-13,16-17H,2,4,6-7,14-15H2,1,3H3/b23-17+. The summed E-state index contributed by atoms with van der Waals surface area (Å²) in [5.41, 5.74) is 1.46. The molecule has 4 rings (SSSR count). The molecular formula is C26H27N3O4S. The van der Waals surface area contributed by atoms with Crippen molar-refractivity contribution in [2.24, 2.45) is 0 Å². The van der Waals surface area contributed by atoms with Crippen molar-refractivity contribution in [3.8, 4) is 28.6 Å². The molecule has 8 heteroatoms. The van der Waals surface area contributed by atoms with Crippen LogP contribution in [0.4, 0.5) is 0 Å². The predicted molar refractivity (Wildman–Crippen MR) is 135 cm³/mol. The number of rotatable bonds is 11. The van der Waals surface area contributed by atoms with Crippen LogP contribution in [0.25, 0.3) is 22.4 Å². The van der Waals surface area contributed by atoms with E-state index in [9.17, 15) is 4.79 Å². The van der Waals surface area contributed by atoms with E-state index in [-0.39, 0.29) is 5.56 Å². The largest absolute Gasteiger partial charge is 0.490 e. The molecule has 0 bridgehead atoms. The molecule has 0 spiro atoms. The number of unbranched alkanes of at least 4 members (excludes halogenated alkanes) is 1. The summed E-state index contributed by atoms with van der Waals surface area (Å²) in [6.07, 6.45) is 5.56. The number of hydrogen-bond donors (Lipinski definition) is 0. The van der Waals surface area contributed by atoms with Crippen LogP contribution in [-0.2, 0) is 0 Å². The molecule has 0 saturated heterocycles. The minimum Gasteiger partial charge on any atom is -0.490 e. The third-order valence-corrected chi connectivity index (χ3v) is 5.94. The highest BCUT2D eigenvalue weighted by Crippen LogP contribution is 2.29. The fourth-order valence-corrected chi connectivity index (χ4v) is 4.20. The minimum atomic E-state index is -0.203. The summed E-state index contributed by atoms with van der Waals surface area (Å²) >= 11 is 1.30. The fourth-order valence-electron chi connectivity index (χ4n) is 3.29. The van der Waals surface area contributed by atoms with Crippen molar-refractivity contribution >= 4 is 22.4 Å². The van der Waals surface area contributed by atoms with Crippen molar-refractivity contribution in [3.05, 3.63) is 75.6 Å². The monoisotopic (exact) mass is 477 g/mol. The molecule has 7 nitrogen and oxygen atoms in total. The number of aromatic nitrogens is 3. The molecule has 0 atom stereocenters. The van der Waals surface area contributed by atoms with Gasteiger partial charge in [-0.15, -0.1) is 5.10 Å². The van der Waals surface area contributed by atoms with Gasteiger partial charge in [-0.3, -0.25) is 4.79 Å². The molecule has 0 aliphatic carbocycles. The van der Waals surface area contributed by atoms with Crippen LogP contribution in [0.5, 0.6) is 17.2 Å². The normalized spacial score (nSPS) is 11.6. The van der Waals surface area contributed by atoms with Gasteiger partial charge in [0.05, 0.1) is 17.7 Å². The lowest BCUT2D eigenvalue weighted by molar-refractivity contribution is 0.272. The zero-order valence-corrected chi connectivity index (χ0v) is 20.1. The molecule has 0 amide bonds. The van der Waals surface area contributed by atoms with Crippen molar-refractivity contribution < 1.29 is 14.2 Å². The van der Waals surface area contributed by atoms with Crippen molar-refractivity contribution in [3.63, 3.8) is 0 Å². The smallest absolute Gasteiger partial charge is 0.291 e. The van der Waals surface area contributed by atoms with E-state index in [2.05, 4.69) is 23.6 Å². The zero-order valence-electron chi connectivity index (χ0n) is 19.3. The molecule has 34 heavy (non-hydrogen) atoms. The highest BCUT2D eigenvalue weighted by atomic mass is 32.1. The maximum Gasteiger partial charge on any atom is 0.291 e. The van der Waals surface area contributed by atoms with Gasteiger partial charge < -0.3 is 14.2 Å². The Morgan fingerprint density at radius 3 is 2.59 bits per heavy atom. The summed E-state index contributed by atoms with van der Waals surface area (Å²) in [4.78, 5) is 18.0. The molecule has 4 aromatic rings. The Balaban J connectivity index is 1.60. The van der Waals surface area contributed by atoms with E-state index in [1.54, 1.807) is 6.08 Å². The Morgan fingerprint density at radius 1 is 1.06 bits per heavy atom. The van der Waals surface area contributed by atoms with Gasteiger partial charge in [0.1, 0.15) is 12.4 Å². The zero-order chi connectivity index (χ0) is 23.9. The average molecular weight is 478 g/mol. The topological polar surface area (TPSA) is 75.0 Å².